The lowest BCUT2D eigenvalue weighted by atomic mass is 10.4. The van der Waals surface area contributed by atoms with Crippen LogP contribution in [-0.2, 0) is 6.54 Å². The summed E-state index contributed by atoms with van der Waals surface area (Å²) in [5.41, 5.74) is 2.61. The van der Waals surface area contributed by atoms with Crippen LogP contribution in [-0.4, -0.2) is 18.6 Å². The van der Waals surface area contributed by atoms with Gasteiger partial charge in [0.1, 0.15) is 0 Å². The number of nitrogens with two attached hydrogens (primary N) is 1. The van der Waals surface area contributed by atoms with Crippen LogP contribution in [0.5, 0.6) is 0 Å². The monoisotopic (exact) mass is 171 g/mol. The highest BCUT2D eigenvalue weighted by molar-refractivity contribution is 7.09. The van der Waals surface area contributed by atoms with E-state index in [1.807, 2.05) is 7.05 Å². The minimum absolute atomic E-state index is 0.720. The summed E-state index contributed by atoms with van der Waals surface area (Å²) in [6, 6.07) is 4.18. The SMILES string of the molecule is CN(CNN)Cc1cccs1. The van der Waals surface area contributed by atoms with Gasteiger partial charge in [0.25, 0.3) is 0 Å². The van der Waals surface area contributed by atoms with E-state index in [4.69, 9.17) is 5.84 Å². The summed E-state index contributed by atoms with van der Waals surface area (Å²) >= 11 is 1.77. The maximum absolute atomic E-state index is 5.17. The molecule has 0 amide bonds. The van der Waals surface area contributed by atoms with Crippen LogP contribution < -0.4 is 11.3 Å². The van der Waals surface area contributed by atoms with Crippen molar-refractivity contribution in [3.8, 4) is 0 Å². The van der Waals surface area contributed by atoms with Crippen LogP contribution in [0.15, 0.2) is 17.5 Å². The number of thiophene rings is 1. The van der Waals surface area contributed by atoms with Crippen molar-refractivity contribution in [3.63, 3.8) is 0 Å². The van der Waals surface area contributed by atoms with Gasteiger partial charge in [0.2, 0.25) is 0 Å². The summed E-state index contributed by atoms with van der Waals surface area (Å²) in [7, 11) is 2.03. The highest BCUT2D eigenvalue weighted by atomic mass is 32.1. The molecule has 3 N–H and O–H groups in total. The molecule has 0 saturated heterocycles. The molecule has 4 heteroatoms. The van der Waals surface area contributed by atoms with Crippen molar-refractivity contribution in [3.05, 3.63) is 22.4 Å². The molecule has 0 aliphatic heterocycles. The molecule has 0 spiro atoms. The minimum Gasteiger partial charge on any atom is -0.288 e. The predicted molar refractivity (Wildman–Crippen MR) is 48.0 cm³/mol. The molecule has 0 atom stereocenters. The van der Waals surface area contributed by atoms with Gasteiger partial charge in [0.15, 0.2) is 0 Å². The molecule has 3 nitrogen and oxygen atoms in total. The number of nitrogens with zero attached hydrogens (tertiary/aromatic N) is 1. The van der Waals surface area contributed by atoms with E-state index < -0.39 is 0 Å². The Kier molecular flexibility index (Phi) is 3.51. The van der Waals surface area contributed by atoms with Gasteiger partial charge in [0.05, 0.1) is 6.67 Å². The van der Waals surface area contributed by atoms with E-state index in [0.717, 1.165) is 13.2 Å². The molecule has 1 aromatic heterocycles. The Hall–Kier alpha value is -0.420. The third kappa shape index (κ3) is 2.98. The summed E-state index contributed by atoms with van der Waals surface area (Å²) in [6.45, 7) is 1.68. The molecule has 0 fully saturated rings. The summed E-state index contributed by atoms with van der Waals surface area (Å²) in [6.07, 6.45) is 0. The van der Waals surface area contributed by atoms with Gasteiger partial charge in [-0.3, -0.25) is 10.7 Å². The molecule has 0 aliphatic carbocycles. The average molecular weight is 171 g/mol. The number of rotatable bonds is 4. The summed E-state index contributed by atoms with van der Waals surface area (Å²) in [4.78, 5) is 3.48. The molecule has 0 unspecified atom stereocenters. The lowest BCUT2D eigenvalue weighted by Gasteiger charge is -2.13. The van der Waals surface area contributed by atoms with Crippen molar-refractivity contribution in [2.45, 2.75) is 6.54 Å². The third-order valence-corrected chi connectivity index (χ3v) is 2.23. The van der Waals surface area contributed by atoms with Crippen LogP contribution in [0.1, 0.15) is 4.88 Å². The fourth-order valence-corrected chi connectivity index (χ4v) is 1.66. The molecule has 1 heterocycles. The maximum Gasteiger partial charge on any atom is 0.0613 e. The summed E-state index contributed by atoms with van der Waals surface area (Å²) in [5.74, 6) is 5.17. The van der Waals surface area contributed by atoms with Gasteiger partial charge in [-0.15, -0.1) is 11.3 Å². The van der Waals surface area contributed by atoms with Crippen LogP contribution >= 0.6 is 11.3 Å². The normalized spacial score (nSPS) is 10.8. The van der Waals surface area contributed by atoms with E-state index in [1.54, 1.807) is 11.3 Å². The number of hydrogen-bond donors (Lipinski definition) is 2. The summed E-state index contributed by atoms with van der Waals surface area (Å²) < 4.78 is 0. The zero-order valence-corrected chi connectivity index (χ0v) is 7.40. The quantitative estimate of drug-likeness (QED) is 0.396. The topological polar surface area (TPSA) is 41.3 Å². The van der Waals surface area contributed by atoms with E-state index in [0.29, 0.717) is 0 Å². The number of nitrogens with one attached hydrogen (secondary N) is 1. The fourth-order valence-electron chi connectivity index (χ4n) is 0.880. The minimum atomic E-state index is 0.720. The Morgan fingerprint density at radius 3 is 3.09 bits per heavy atom. The first-order valence-electron chi connectivity index (χ1n) is 3.47. The Labute approximate surface area is 70.8 Å². The van der Waals surface area contributed by atoms with Gasteiger partial charge < -0.3 is 0 Å². The molecule has 0 aliphatic rings. The second-order valence-electron chi connectivity index (χ2n) is 2.46. The first-order chi connectivity index (χ1) is 5.33. The number of hydrogen-bond acceptors (Lipinski definition) is 4. The molecule has 11 heavy (non-hydrogen) atoms. The van der Waals surface area contributed by atoms with Gasteiger partial charge in [-0.05, 0) is 18.5 Å². The van der Waals surface area contributed by atoms with E-state index in [-0.39, 0.29) is 0 Å². The van der Waals surface area contributed by atoms with Gasteiger partial charge in [-0.2, -0.15) is 0 Å². The Bertz CT molecular complexity index is 186. The van der Waals surface area contributed by atoms with Gasteiger partial charge >= 0.3 is 0 Å². The molecule has 1 rings (SSSR count). The Morgan fingerprint density at radius 1 is 1.73 bits per heavy atom. The van der Waals surface area contributed by atoms with Crippen molar-refractivity contribution in [1.82, 2.24) is 10.3 Å². The molecule has 0 radical (unpaired) electrons. The van der Waals surface area contributed by atoms with Crippen molar-refractivity contribution in [1.29, 1.82) is 0 Å². The molecular formula is C7H13N3S. The lowest BCUT2D eigenvalue weighted by Crippen LogP contribution is -2.34. The highest BCUT2D eigenvalue weighted by Crippen LogP contribution is 2.09. The standard InChI is InChI=1S/C7H13N3S/c1-10(6-9-8)5-7-3-2-4-11-7/h2-4,9H,5-6,8H2,1H3. The Morgan fingerprint density at radius 2 is 2.55 bits per heavy atom. The first-order valence-corrected chi connectivity index (χ1v) is 4.35. The molecule has 1 aromatic rings. The predicted octanol–water partition coefficient (Wildman–Crippen LogP) is 0.601. The highest BCUT2D eigenvalue weighted by Gasteiger charge is 1.97. The molecule has 0 saturated carbocycles. The number of hydrazine groups is 1. The second kappa shape index (κ2) is 4.46. The van der Waals surface area contributed by atoms with Crippen LogP contribution in [0.25, 0.3) is 0 Å². The summed E-state index contributed by atoms with van der Waals surface area (Å²) in [5, 5.41) is 2.08. The van der Waals surface area contributed by atoms with Crippen molar-refractivity contribution in [2.24, 2.45) is 5.84 Å². The smallest absolute Gasteiger partial charge is 0.0613 e. The van der Waals surface area contributed by atoms with Gasteiger partial charge in [-0.25, -0.2) is 5.43 Å². The van der Waals surface area contributed by atoms with Crippen molar-refractivity contribution < 1.29 is 0 Å². The maximum atomic E-state index is 5.17. The lowest BCUT2D eigenvalue weighted by molar-refractivity contribution is 0.304. The van der Waals surface area contributed by atoms with Crippen molar-refractivity contribution >= 4 is 11.3 Å². The van der Waals surface area contributed by atoms with Crippen LogP contribution in [0, 0.1) is 0 Å². The van der Waals surface area contributed by atoms with Crippen LogP contribution in [0.2, 0.25) is 0 Å². The zero-order valence-electron chi connectivity index (χ0n) is 6.58. The average Bonchev–Trinajstić information content (AvgIpc) is 2.40. The molecule has 0 bridgehead atoms. The van der Waals surface area contributed by atoms with E-state index in [2.05, 4.69) is 27.8 Å². The van der Waals surface area contributed by atoms with E-state index in [9.17, 15) is 0 Å². The van der Waals surface area contributed by atoms with Crippen molar-refractivity contribution in [2.75, 3.05) is 13.7 Å². The largest absolute Gasteiger partial charge is 0.288 e. The van der Waals surface area contributed by atoms with Crippen LogP contribution in [0.3, 0.4) is 0 Å². The molecule has 62 valence electrons. The Balaban J connectivity index is 2.31. The van der Waals surface area contributed by atoms with Gasteiger partial charge in [0, 0.05) is 11.4 Å². The van der Waals surface area contributed by atoms with Crippen LogP contribution in [0.4, 0.5) is 0 Å². The first kappa shape index (κ1) is 8.67. The molecular weight excluding hydrogens is 158 g/mol. The van der Waals surface area contributed by atoms with E-state index in [1.165, 1.54) is 4.88 Å². The van der Waals surface area contributed by atoms with E-state index >= 15 is 0 Å². The second-order valence-corrected chi connectivity index (χ2v) is 3.49. The zero-order chi connectivity index (χ0) is 8.10. The third-order valence-electron chi connectivity index (χ3n) is 1.37. The molecule has 0 aromatic carbocycles. The fraction of sp³-hybridized carbons (Fsp3) is 0.429. The van der Waals surface area contributed by atoms with Gasteiger partial charge in [-0.1, -0.05) is 6.07 Å².